The van der Waals surface area contributed by atoms with Crippen LogP contribution in [0.1, 0.15) is 21.6 Å². The molecule has 0 aromatic carbocycles. The van der Waals surface area contributed by atoms with Gasteiger partial charge in [0.2, 0.25) is 0 Å². The number of thiazole rings is 1. The highest BCUT2D eigenvalue weighted by atomic mass is 32.2. The van der Waals surface area contributed by atoms with E-state index in [4.69, 9.17) is 9.84 Å². The van der Waals surface area contributed by atoms with Gasteiger partial charge in [-0.2, -0.15) is 0 Å². The van der Waals surface area contributed by atoms with E-state index in [1.165, 1.54) is 29.3 Å². The monoisotopic (exact) mass is 331 g/mol. The number of carboxylic acids is 1. The molecule has 0 saturated heterocycles. The fraction of sp³-hybridized carbons (Fsp3) is 0.300. The number of aromatic nitrogens is 3. The molecular formula is C10H9N3O4S3. The predicted molar refractivity (Wildman–Crippen MR) is 73.4 cm³/mol. The summed E-state index contributed by atoms with van der Waals surface area (Å²) in [6, 6.07) is 0. The van der Waals surface area contributed by atoms with Crippen LogP contribution in [0.2, 0.25) is 0 Å². The molecule has 0 bridgehead atoms. The molecule has 10 heteroatoms. The second-order valence-corrected chi connectivity index (χ2v) is 6.93. The summed E-state index contributed by atoms with van der Waals surface area (Å²) in [5.74, 6) is -1.35. The summed E-state index contributed by atoms with van der Waals surface area (Å²) in [6.45, 7) is 2.07. The average molecular weight is 331 g/mol. The number of hydrogen-bond donors (Lipinski definition) is 1. The van der Waals surface area contributed by atoms with Crippen molar-refractivity contribution < 1.29 is 19.4 Å². The molecule has 0 unspecified atom stereocenters. The summed E-state index contributed by atoms with van der Waals surface area (Å²) in [5.41, 5.74) is 0. The maximum absolute atomic E-state index is 11.3. The van der Waals surface area contributed by atoms with Crippen LogP contribution in [0.5, 0.6) is 0 Å². The number of aromatic carboxylic acids is 1. The number of ether oxygens (including phenoxy) is 1. The highest BCUT2D eigenvalue weighted by Gasteiger charge is 2.14. The van der Waals surface area contributed by atoms with Crippen molar-refractivity contribution in [2.24, 2.45) is 0 Å². The van der Waals surface area contributed by atoms with Gasteiger partial charge < -0.3 is 9.84 Å². The van der Waals surface area contributed by atoms with E-state index < -0.39 is 5.97 Å². The number of carboxylic acid groups (broad SMARTS) is 1. The Hall–Kier alpha value is -1.52. The zero-order valence-corrected chi connectivity index (χ0v) is 12.7. The second-order valence-electron chi connectivity index (χ2n) is 3.34. The van der Waals surface area contributed by atoms with Gasteiger partial charge in [0.25, 0.3) is 0 Å². The molecule has 0 saturated carbocycles. The SMILES string of the molecule is CCOC(=O)Cc1nnc(Sc2ncc(C(=O)O)s2)s1. The Labute approximate surface area is 126 Å². The maximum atomic E-state index is 11.3. The number of carbonyl (C=O) groups is 2. The van der Waals surface area contributed by atoms with E-state index in [2.05, 4.69) is 15.2 Å². The molecule has 0 spiro atoms. The van der Waals surface area contributed by atoms with Crippen molar-refractivity contribution in [3.63, 3.8) is 0 Å². The van der Waals surface area contributed by atoms with Crippen molar-refractivity contribution in [1.82, 2.24) is 15.2 Å². The summed E-state index contributed by atoms with van der Waals surface area (Å²) in [7, 11) is 0. The minimum Gasteiger partial charge on any atom is -0.477 e. The average Bonchev–Trinajstić information content (AvgIpc) is 3.00. The number of hydrogen-bond acceptors (Lipinski definition) is 9. The normalized spacial score (nSPS) is 10.4. The number of carbonyl (C=O) groups excluding carboxylic acids is 1. The molecule has 20 heavy (non-hydrogen) atoms. The molecule has 0 aliphatic rings. The third-order valence-electron chi connectivity index (χ3n) is 1.92. The van der Waals surface area contributed by atoms with Gasteiger partial charge >= 0.3 is 11.9 Å². The highest BCUT2D eigenvalue weighted by Crippen LogP contribution is 2.33. The van der Waals surface area contributed by atoms with E-state index in [1.807, 2.05) is 0 Å². The zero-order valence-electron chi connectivity index (χ0n) is 10.2. The van der Waals surface area contributed by atoms with Gasteiger partial charge in [-0.1, -0.05) is 11.3 Å². The van der Waals surface area contributed by atoms with Gasteiger partial charge in [0.15, 0.2) is 8.68 Å². The Morgan fingerprint density at radius 3 is 2.80 bits per heavy atom. The Balaban J connectivity index is 1.98. The van der Waals surface area contributed by atoms with Crippen LogP contribution in [0.3, 0.4) is 0 Å². The van der Waals surface area contributed by atoms with Crippen LogP contribution in [-0.2, 0) is 16.0 Å². The second kappa shape index (κ2) is 6.77. The maximum Gasteiger partial charge on any atom is 0.347 e. The van der Waals surface area contributed by atoms with Gasteiger partial charge in [-0.05, 0) is 18.7 Å². The molecule has 2 heterocycles. The van der Waals surface area contributed by atoms with Crippen molar-refractivity contribution in [2.45, 2.75) is 22.0 Å². The van der Waals surface area contributed by atoms with Gasteiger partial charge in [-0.3, -0.25) is 4.79 Å². The predicted octanol–water partition coefficient (Wildman–Crippen LogP) is 1.95. The summed E-state index contributed by atoms with van der Waals surface area (Å²) < 4.78 is 6.00. The molecule has 7 nitrogen and oxygen atoms in total. The molecule has 2 aromatic heterocycles. The van der Waals surface area contributed by atoms with Gasteiger partial charge in [0.1, 0.15) is 9.88 Å². The lowest BCUT2D eigenvalue weighted by atomic mass is 10.5. The third-order valence-corrected chi connectivity index (χ3v) is 4.95. The first-order valence-electron chi connectivity index (χ1n) is 5.43. The van der Waals surface area contributed by atoms with Gasteiger partial charge in [-0.25, -0.2) is 9.78 Å². The molecule has 0 radical (unpaired) electrons. The largest absolute Gasteiger partial charge is 0.477 e. The lowest BCUT2D eigenvalue weighted by molar-refractivity contribution is -0.142. The van der Waals surface area contributed by atoms with Gasteiger partial charge in [0.05, 0.1) is 19.2 Å². The molecular weight excluding hydrogens is 322 g/mol. The van der Waals surface area contributed by atoms with E-state index in [1.54, 1.807) is 6.92 Å². The smallest absolute Gasteiger partial charge is 0.347 e. The number of rotatable bonds is 6. The van der Waals surface area contributed by atoms with E-state index >= 15 is 0 Å². The molecule has 106 valence electrons. The molecule has 2 rings (SSSR count). The fourth-order valence-corrected chi connectivity index (χ4v) is 4.07. The van der Waals surface area contributed by atoms with Crippen LogP contribution in [-0.4, -0.2) is 38.8 Å². The molecule has 2 aromatic rings. The standard InChI is InChI=1S/C10H9N3O4S3/c1-2-17-7(14)3-6-12-13-10(19-6)20-9-11-4-5(18-9)8(15)16/h4H,2-3H2,1H3,(H,15,16). The van der Waals surface area contributed by atoms with Crippen LogP contribution in [0.4, 0.5) is 0 Å². The van der Waals surface area contributed by atoms with Crippen LogP contribution in [0, 0.1) is 0 Å². The lowest BCUT2D eigenvalue weighted by Crippen LogP contribution is -2.07. The Morgan fingerprint density at radius 1 is 1.35 bits per heavy atom. The van der Waals surface area contributed by atoms with Crippen molar-refractivity contribution in [3.8, 4) is 0 Å². The van der Waals surface area contributed by atoms with Crippen molar-refractivity contribution >= 4 is 46.4 Å². The summed E-state index contributed by atoms with van der Waals surface area (Å²) >= 11 is 3.55. The van der Waals surface area contributed by atoms with Crippen molar-refractivity contribution in [1.29, 1.82) is 0 Å². The molecule has 0 aliphatic carbocycles. The first-order valence-corrected chi connectivity index (χ1v) is 7.88. The van der Waals surface area contributed by atoms with E-state index in [-0.39, 0.29) is 17.3 Å². The van der Waals surface area contributed by atoms with Crippen LogP contribution < -0.4 is 0 Å². The minimum absolute atomic E-state index is 0.0876. The fourth-order valence-electron chi connectivity index (χ4n) is 1.17. The molecule has 1 N–H and O–H groups in total. The van der Waals surface area contributed by atoms with Crippen LogP contribution in [0.15, 0.2) is 14.9 Å². The Kier molecular flexibility index (Phi) is 5.04. The van der Waals surface area contributed by atoms with E-state index in [0.29, 0.717) is 20.3 Å². The summed E-state index contributed by atoms with van der Waals surface area (Å²) in [5, 5.41) is 17.2. The molecule has 0 fully saturated rings. The summed E-state index contributed by atoms with van der Waals surface area (Å²) in [4.78, 5) is 26.2. The van der Waals surface area contributed by atoms with E-state index in [9.17, 15) is 9.59 Å². The van der Waals surface area contributed by atoms with E-state index in [0.717, 1.165) is 11.3 Å². The van der Waals surface area contributed by atoms with Gasteiger partial charge in [0, 0.05) is 0 Å². The van der Waals surface area contributed by atoms with Gasteiger partial charge in [-0.15, -0.1) is 21.5 Å². The zero-order chi connectivity index (χ0) is 14.5. The minimum atomic E-state index is -1.00. The van der Waals surface area contributed by atoms with Crippen molar-refractivity contribution in [2.75, 3.05) is 6.61 Å². The molecule has 0 atom stereocenters. The Bertz CT molecular complexity index is 625. The summed E-state index contributed by atoms with van der Waals surface area (Å²) in [6.07, 6.45) is 1.39. The van der Waals surface area contributed by atoms with Crippen molar-refractivity contribution in [3.05, 3.63) is 16.1 Å². The molecule has 0 amide bonds. The van der Waals surface area contributed by atoms with Crippen LogP contribution in [0.25, 0.3) is 0 Å². The number of esters is 1. The highest BCUT2D eigenvalue weighted by molar-refractivity contribution is 8.02. The molecule has 0 aliphatic heterocycles. The topological polar surface area (TPSA) is 102 Å². The first-order chi connectivity index (χ1) is 9.58. The van der Waals surface area contributed by atoms with Crippen LogP contribution >= 0.6 is 34.4 Å². The first kappa shape index (κ1) is 14.9. The lowest BCUT2D eigenvalue weighted by Gasteiger charge is -1.96. The third kappa shape index (κ3) is 3.99. The quantitative estimate of drug-likeness (QED) is 0.801. The Morgan fingerprint density at radius 2 is 2.15 bits per heavy atom. The number of nitrogens with zero attached hydrogens (tertiary/aromatic N) is 3.